The molecule has 0 aliphatic heterocycles. The molecule has 0 aromatic heterocycles. The highest BCUT2D eigenvalue weighted by molar-refractivity contribution is 4.65. The molecule has 2 N–H and O–H groups in total. The first-order chi connectivity index (χ1) is 7.45. The number of hydrogen-bond donors (Lipinski definition) is 1. The minimum Gasteiger partial charge on any atom is -0.374 e. The zero-order valence-corrected chi connectivity index (χ0v) is 11.7. The van der Waals surface area contributed by atoms with Gasteiger partial charge >= 0.3 is 0 Å². The van der Waals surface area contributed by atoms with Crippen LogP contribution < -0.4 is 5.73 Å². The minimum atomic E-state index is -0.0568. The van der Waals surface area contributed by atoms with Crippen LogP contribution in [-0.4, -0.2) is 18.2 Å². The summed E-state index contributed by atoms with van der Waals surface area (Å²) < 4.78 is 5.66. The van der Waals surface area contributed by atoms with Gasteiger partial charge in [-0.2, -0.15) is 0 Å². The van der Waals surface area contributed by atoms with Crippen molar-refractivity contribution in [3.63, 3.8) is 0 Å². The largest absolute Gasteiger partial charge is 0.374 e. The Balaban J connectivity index is 3.27. The summed E-state index contributed by atoms with van der Waals surface area (Å²) in [5, 5.41) is 0. The van der Waals surface area contributed by atoms with E-state index in [9.17, 15) is 0 Å². The van der Waals surface area contributed by atoms with E-state index < -0.39 is 0 Å². The molecule has 0 aliphatic rings. The molecule has 0 heterocycles. The first kappa shape index (κ1) is 15.9. The molecule has 0 aliphatic carbocycles. The van der Waals surface area contributed by atoms with Gasteiger partial charge in [-0.15, -0.1) is 0 Å². The third-order valence-corrected chi connectivity index (χ3v) is 2.66. The lowest BCUT2D eigenvalue weighted by Crippen LogP contribution is -2.31. The summed E-state index contributed by atoms with van der Waals surface area (Å²) in [6, 6.07) is 0.213. The van der Waals surface area contributed by atoms with Crippen LogP contribution in [-0.2, 0) is 4.74 Å². The molecule has 0 spiro atoms. The highest BCUT2D eigenvalue weighted by Crippen LogP contribution is 2.11. The standard InChI is InChI=1S/C14H31NO/c1-5-6-7-8-9-10-11-13(15)12-16-14(2,3)4/h13H,5-12,15H2,1-4H3. The first-order valence-corrected chi connectivity index (χ1v) is 6.85. The van der Waals surface area contributed by atoms with Crippen molar-refractivity contribution < 1.29 is 4.74 Å². The van der Waals surface area contributed by atoms with Crippen molar-refractivity contribution in [2.45, 2.75) is 84.3 Å². The van der Waals surface area contributed by atoms with E-state index in [0.29, 0.717) is 6.61 Å². The van der Waals surface area contributed by atoms with Crippen molar-refractivity contribution in [2.24, 2.45) is 5.73 Å². The van der Waals surface area contributed by atoms with Crippen LogP contribution in [0.25, 0.3) is 0 Å². The molecule has 0 rings (SSSR count). The van der Waals surface area contributed by atoms with Crippen LogP contribution in [0.2, 0.25) is 0 Å². The molecule has 0 fully saturated rings. The van der Waals surface area contributed by atoms with Crippen LogP contribution in [0, 0.1) is 0 Å². The van der Waals surface area contributed by atoms with E-state index in [1.807, 2.05) is 0 Å². The molecule has 0 aromatic rings. The number of ether oxygens (including phenoxy) is 1. The van der Waals surface area contributed by atoms with E-state index in [1.54, 1.807) is 0 Å². The fourth-order valence-corrected chi connectivity index (χ4v) is 1.63. The number of unbranched alkanes of at least 4 members (excludes halogenated alkanes) is 5. The summed E-state index contributed by atoms with van der Waals surface area (Å²) in [6.45, 7) is 9.16. The summed E-state index contributed by atoms with van der Waals surface area (Å²) in [4.78, 5) is 0. The van der Waals surface area contributed by atoms with E-state index in [0.717, 1.165) is 6.42 Å². The molecule has 2 heteroatoms. The third-order valence-electron chi connectivity index (χ3n) is 2.66. The van der Waals surface area contributed by atoms with Crippen LogP contribution in [0.4, 0.5) is 0 Å². The Morgan fingerprint density at radius 3 is 2.12 bits per heavy atom. The Morgan fingerprint density at radius 2 is 1.56 bits per heavy atom. The molecule has 0 saturated heterocycles. The number of nitrogens with two attached hydrogens (primary N) is 1. The number of hydrogen-bond acceptors (Lipinski definition) is 2. The SMILES string of the molecule is CCCCCCCCC(N)COC(C)(C)C. The first-order valence-electron chi connectivity index (χ1n) is 6.85. The predicted molar refractivity (Wildman–Crippen MR) is 71.7 cm³/mol. The molecule has 0 bridgehead atoms. The van der Waals surface area contributed by atoms with Crippen molar-refractivity contribution >= 4 is 0 Å². The van der Waals surface area contributed by atoms with Gasteiger partial charge in [0, 0.05) is 6.04 Å². The van der Waals surface area contributed by atoms with Crippen LogP contribution in [0.1, 0.15) is 72.6 Å². The van der Waals surface area contributed by atoms with Gasteiger partial charge in [0.25, 0.3) is 0 Å². The molecule has 0 radical (unpaired) electrons. The van der Waals surface area contributed by atoms with Gasteiger partial charge in [-0.25, -0.2) is 0 Å². The highest BCUT2D eigenvalue weighted by atomic mass is 16.5. The Morgan fingerprint density at radius 1 is 1.00 bits per heavy atom. The van der Waals surface area contributed by atoms with E-state index in [1.165, 1.54) is 38.5 Å². The van der Waals surface area contributed by atoms with Crippen LogP contribution >= 0.6 is 0 Å². The lowest BCUT2D eigenvalue weighted by atomic mass is 10.1. The summed E-state index contributed by atoms with van der Waals surface area (Å²) in [7, 11) is 0. The highest BCUT2D eigenvalue weighted by Gasteiger charge is 2.12. The molecule has 2 nitrogen and oxygen atoms in total. The molecular formula is C14H31NO. The summed E-state index contributed by atoms with van der Waals surface area (Å²) in [6.07, 6.45) is 9.10. The average molecular weight is 229 g/mol. The molecule has 0 aromatic carbocycles. The maximum Gasteiger partial charge on any atom is 0.0624 e. The van der Waals surface area contributed by atoms with Gasteiger partial charge in [-0.1, -0.05) is 45.4 Å². The van der Waals surface area contributed by atoms with Crippen LogP contribution in [0.15, 0.2) is 0 Å². The Labute approximate surface area is 102 Å². The quantitative estimate of drug-likeness (QED) is 0.609. The topological polar surface area (TPSA) is 35.2 Å². The Bertz CT molecular complexity index is 151. The maximum absolute atomic E-state index is 6.00. The van der Waals surface area contributed by atoms with E-state index in [2.05, 4.69) is 27.7 Å². The van der Waals surface area contributed by atoms with Gasteiger partial charge in [0.2, 0.25) is 0 Å². The average Bonchev–Trinajstić information content (AvgIpc) is 2.19. The summed E-state index contributed by atoms with van der Waals surface area (Å²) in [5.41, 5.74) is 5.94. The molecule has 98 valence electrons. The third kappa shape index (κ3) is 12.0. The lowest BCUT2D eigenvalue weighted by molar-refractivity contribution is -0.0110. The fraction of sp³-hybridized carbons (Fsp3) is 1.00. The molecule has 0 saturated carbocycles. The van der Waals surface area contributed by atoms with Gasteiger partial charge in [-0.05, 0) is 27.2 Å². The van der Waals surface area contributed by atoms with Gasteiger partial charge in [0.05, 0.1) is 12.2 Å². The van der Waals surface area contributed by atoms with E-state index in [4.69, 9.17) is 10.5 Å². The molecule has 1 atom stereocenters. The lowest BCUT2D eigenvalue weighted by Gasteiger charge is -2.22. The number of rotatable bonds is 9. The predicted octanol–water partition coefficient (Wildman–Crippen LogP) is 3.88. The van der Waals surface area contributed by atoms with Gasteiger partial charge in [0.1, 0.15) is 0 Å². The normalized spacial score (nSPS) is 14.1. The van der Waals surface area contributed by atoms with Crippen molar-refractivity contribution in [2.75, 3.05) is 6.61 Å². The summed E-state index contributed by atoms with van der Waals surface area (Å²) >= 11 is 0. The van der Waals surface area contributed by atoms with E-state index >= 15 is 0 Å². The Kier molecular flexibility index (Phi) is 8.96. The molecule has 16 heavy (non-hydrogen) atoms. The van der Waals surface area contributed by atoms with Crippen molar-refractivity contribution in [1.29, 1.82) is 0 Å². The van der Waals surface area contributed by atoms with Crippen molar-refractivity contribution in [1.82, 2.24) is 0 Å². The zero-order chi connectivity index (χ0) is 12.4. The monoisotopic (exact) mass is 229 g/mol. The summed E-state index contributed by atoms with van der Waals surface area (Å²) in [5.74, 6) is 0. The Hall–Kier alpha value is -0.0800. The molecule has 1 unspecified atom stereocenters. The van der Waals surface area contributed by atoms with Crippen LogP contribution in [0.3, 0.4) is 0 Å². The molecular weight excluding hydrogens is 198 g/mol. The van der Waals surface area contributed by atoms with Gasteiger partial charge < -0.3 is 10.5 Å². The van der Waals surface area contributed by atoms with Crippen LogP contribution in [0.5, 0.6) is 0 Å². The van der Waals surface area contributed by atoms with Crippen molar-refractivity contribution in [3.8, 4) is 0 Å². The second-order valence-corrected chi connectivity index (χ2v) is 5.74. The maximum atomic E-state index is 6.00. The van der Waals surface area contributed by atoms with Gasteiger partial charge in [-0.3, -0.25) is 0 Å². The van der Waals surface area contributed by atoms with E-state index in [-0.39, 0.29) is 11.6 Å². The zero-order valence-electron chi connectivity index (χ0n) is 11.7. The van der Waals surface area contributed by atoms with Gasteiger partial charge in [0.15, 0.2) is 0 Å². The fourth-order valence-electron chi connectivity index (χ4n) is 1.63. The minimum absolute atomic E-state index is 0.0568. The smallest absolute Gasteiger partial charge is 0.0624 e. The second kappa shape index (κ2) is 9.00. The molecule has 0 amide bonds. The second-order valence-electron chi connectivity index (χ2n) is 5.74. The van der Waals surface area contributed by atoms with Crippen molar-refractivity contribution in [3.05, 3.63) is 0 Å².